The van der Waals surface area contributed by atoms with Gasteiger partial charge in [-0.3, -0.25) is 0 Å². The summed E-state index contributed by atoms with van der Waals surface area (Å²) in [5, 5.41) is 6.67. The summed E-state index contributed by atoms with van der Waals surface area (Å²) in [6.07, 6.45) is 2.90. The molecule has 1 saturated carbocycles. The monoisotopic (exact) mass is 156 g/mol. The molecular formula is C9H20N2. The van der Waals surface area contributed by atoms with Crippen LogP contribution in [0.4, 0.5) is 0 Å². The Morgan fingerprint density at radius 1 is 1.36 bits per heavy atom. The van der Waals surface area contributed by atoms with Crippen molar-refractivity contribution >= 4 is 0 Å². The first-order valence-corrected chi connectivity index (χ1v) is 4.68. The summed E-state index contributed by atoms with van der Waals surface area (Å²) in [5.41, 5.74) is 0. The van der Waals surface area contributed by atoms with Gasteiger partial charge in [-0.2, -0.15) is 0 Å². The molecule has 0 amide bonds. The van der Waals surface area contributed by atoms with Crippen molar-refractivity contribution in [1.29, 1.82) is 0 Å². The second-order valence-electron chi connectivity index (χ2n) is 3.76. The molecule has 66 valence electrons. The lowest BCUT2D eigenvalue weighted by atomic mass is 10.2. The Morgan fingerprint density at radius 2 is 2.09 bits per heavy atom. The second-order valence-corrected chi connectivity index (χ2v) is 3.76. The van der Waals surface area contributed by atoms with Gasteiger partial charge in [-0.1, -0.05) is 6.92 Å². The maximum absolute atomic E-state index is 3.49. The van der Waals surface area contributed by atoms with Gasteiger partial charge in [-0.25, -0.2) is 0 Å². The van der Waals surface area contributed by atoms with E-state index >= 15 is 0 Å². The number of hydrogen-bond donors (Lipinski definition) is 2. The molecule has 2 heteroatoms. The van der Waals surface area contributed by atoms with Crippen LogP contribution in [-0.2, 0) is 0 Å². The van der Waals surface area contributed by atoms with Crippen LogP contribution in [0.5, 0.6) is 0 Å². The van der Waals surface area contributed by atoms with Gasteiger partial charge in [0, 0.05) is 0 Å². The summed E-state index contributed by atoms with van der Waals surface area (Å²) in [5.74, 6) is 1.77. The number of hydrogen-bond acceptors (Lipinski definition) is 2. The molecule has 2 nitrogen and oxygen atoms in total. The summed E-state index contributed by atoms with van der Waals surface area (Å²) >= 11 is 0. The lowest BCUT2D eigenvalue weighted by molar-refractivity contribution is 0.484. The van der Waals surface area contributed by atoms with Gasteiger partial charge in [0.25, 0.3) is 0 Å². The van der Waals surface area contributed by atoms with Crippen molar-refractivity contribution in [2.75, 3.05) is 26.7 Å². The topological polar surface area (TPSA) is 24.1 Å². The average molecular weight is 156 g/mol. The largest absolute Gasteiger partial charge is 0.319 e. The van der Waals surface area contributed by atoms with Crippen LogP contribution in [0.15, 0.2) is 0 Å². The van der Waals surface area contributed by atoms with E-state index in [9.17, 15) is 0 Å². The smallest absolute Gasteiger partial charge is 0.00109 e. The third-order valence-corrected chi connectivity index (χ3v) is 2.18. The Bertz CT molecular complexity index is 99.7. The Hall–Kier alpha value is -0.0800. The first-order valence-electron chi connectivity index (χ1n) is 4.68. The molecule has 1 unspecified atom stereocenters. The van der Waals surface area contributed by atoms with Crippen molar-refractivity contribution in [3.63, 3.8) is 0 Å². The molecule has 1 rings (SSSR count). The highest BCUT2D eigenvalue weighted by Gasteiger charge is 2.20. The van der Waals surface area contributed by atoms with E-state index in [1.807, 2.05) is 7.05 Å². The van der Waals surface area contributed by atoms with Gasteiger partial charge in [0.1, 0.15) is 0 Å². The highest BCUT2D eigenvalue weighted by Crippen LogP contribution is 2.27. The first kappa shape index (κ1) is 9.01. The zero-order valence-corrected chi connectivity index (χ0v) is 7.69. The predicted molar refractivity (Wildman–Crippen MR) is 48.7 cm³/mol. The summed E-state index contributed by atoms with van der Waals surface area (Å²) in [6.45, 7) is 5.81. The van der Waals surface area contributed by atoms with Crippen LogP contribution in [-0.4, -0.2) is 26.7 Å². The molecule has 0 aromatic carbocycles. The zero-order valence-electron chi connectivity index (χ0n) is 7.69. The van der Waals surface area contributed by atoms with Crippen molar-refractivity contribution in [3.05, 3.63) is 0 Å². The van der Waals surface area contributed by atoms with E-state index in [0.717, 1.165) is 24.9 Å². The van der Waals surface area contributed by atoms with E-state index in [1.165, 1.54) is 19.4 Å². The second kappa shape index (κ2) is 4.73. The summed E-state index contributed by atoms with van der Waals surface area (Å²) in [4.78, 5) is 0. The van der Waals surface area contributed by atoms with Gasteiger partial charge in [-0.05, 0) is 51.4 Å². The maximum Gasteiger partial charge on any atom is -0.00109 e. The van der Waals surface area contributed by atoms with Gasteiger partial charge < -0.3 is 10.6 Å². The predicted octanol–water partition coefficient (Wildman–Crippen LogP) is 0.841. The van der Waals surface area contributed by atoms with Crippen LogP contribution in [0.25, 0.3) is 0 Å². The van der Waals surface area contributed by atoms with Gasteiger partial charge in [0.2, 0.25) is 0 Å². The molecule has 0 aromatic rings. The number of nitrogens with one attached hydrogen (secondary N) is 2. The Morgan fingerprint density at radius 3 is 2.64 bits per heavy atom. The fourth-order valence-corrected chi connectivity index (χ4v) is 1.28. The summed E-state index contributed by atoms with van der Waals surface area (Å²) < 4.78 is 0. The number of rotatable bonds is 6. The van der Waals surface area contributed by atoms with Gasteiger partial charge in [0.05, 0.1) is 0 Å². The fourth-order valence-electron chi connectivity index (χ4n) is 1.28. The van der Waals surface area contributed by atoms with E-state index in [0.29, 0.717) is 0 Å². The minimum atomic E-state index is 0.763. The lowest BCUT2D eigenvalue weighted by Gasteiger charge is -2.10. The van der Waals surface area contributed by atoms with Gasteiger partial charge in [0.15, 0.2) is 0 Å². The van der Waals surface area contributed by atoms with Gasteiger partial charge in [-0.15, -0.1) is 0 Å². The molecule has 0 radical (unpaired) electrons. The Balaban J connectivity index is 1.84. The normalized spacial score (nSPS) is 20.2. The molecule has 0 aromatic heterocycles. The van der Waals surface area contributed by atoms with E-state index in [-0.39, 0.29) is 0 Å². The van der Waals surface area contributed by atoms with Crippen LogP contribution >= 0.6 is 0 Å². The van der Waals surface area contributed by atoms with Crippen molar-refractivity contribution in [1.82, 2.24) is 10.6 Å². The van der Waals surface area contributed by atoms with Gasteiger partial charge >= 0.3 is 0 Å². The van der Waals surface area contributed by atoms with Crippen LogP contribution in [0.2, 0.25) is 0 Å². The highest BCUT2D eigenvalue weighted by atomic mass is 14.9. The van der Waals surface area contributed by atoms with Crippen molar-refractivity contribution in [2.45, 2.75) is 19.8 Å². The maximum atomic E-state index is 3.49. The molecular weight excluding hydrogens is 136 g/mol. The SMILES string of the molecule is CNCC(C)CNCC1CC1. The highest BCUT2D eigenvalue weighted by molar-refractivity contribution is 4.75. The van der Waals surface area contributed by atoms with Crippen molar-refractivity contribution in [3.8, 4) is 0 Å². The molecule has 0 aliphatic heterocycles. The molecule has 2 N–H and O–H groups in total. The van der Waals surface area contributed by atoms with Crippen LogP contribution in [0, 0.1) is 11.8 Å². The summed E-state index contributed by atoms with van der Waals surface area (Å²) in [6, 6.07) is 0. The fraction of sp³-hybridized carbons (Fsp3) is 1.00. The van der Waals surface area contributed by atoms with Crippen LogP contribution in [0.1, 0.15) is 19.8 Å². The molecule has 1 aliphatic carbocycles. The third-order valence-electron chi connectivity index (χ3n) is 2.18. The molecule has 0 bridgehead atoms. The van der Waals surface area contributed by atoms with Crippen molar-refractivity contribution in [2.24, 2.45) is 11.8 Å². The average Bonchev–Trinajstić information content (AvgIpc) is 2.72. The summed E-state index contributed by atoms with van der Waals surface area (Å²) in [7, 11) is 2.01. The molecule has 1 fully saturated rings. The Labute approximate surface area is 69.8 Å². The van der Waals surface area contributed by atoms with Crippen LogP contribution in [0.3, 0.4) is 0 Å². The molecule has 11 heavy (non-hydrogen) atoms. The minimum Gasteiger partial charge on any atom is -0.319 e. The third kappa shape index (κ3) is 4.38. The molecule has 1 atom stereocenters. The van der Waals surface area contributed by atoms with E-state index in [4.69, 9.17) is 0 Å². The van der Waals surface area contributed by atoms with Crippen LogP contribution < -0.4 is 10.6 Å². The van der Waals surface area contributed by atoms with E-state index in [2.05, 4.69) is 17.6 Å². The van der Waals surface area contributed by atoms with E-state index in [1.54, 1.807) is 0 Å². The zero-order chi connectivity index (χ0) is 8.10. The molecule has 0 saturated heterocycles. The standard InChI is InChI=1S/C9H20N2/c1-8(5-10-2)6-11-7-9-3-4-9/h8-11H,3-7H2,1-2H3. The van der Waals surface area contributed by atoms with Crippen molar-refractivity contribution < 1.29 is 0 Å². The minimum absolute atomic E-state index is 0.763. The molecule has 0 heterocycles. The molecule has 0 spiro atoms. The lowest BCUT2D eigenvalue weighted by Crippen LogP contribution is -2.28. The van der Waals surface area contributed by atoms with E-state index < -0.39 is 0 Å². The molecule has 1 aliphatic rings. The Kier molecular flexibility index (Phi) is 3.87. The quantitative estimate of drug-likeness (QED) is 0.595. The first-order chi connectivity index (χ1) is 5.33.